The van der Waals surface area contributed by atoms with E-state index in [0.717, 1.165) is 25.9 Å². The van der Waals surface area contributed by atoms with E-state index in [1.807, 2.05) is 7.11 Å². The summed E-state index contributed by atoms with van der Waals surface area (Å²) in [5.74, 6) is 0. The Morgan fingerprint density at radius 1 is 1.25 bits per heavy atom. The van der Waals surface area contributed by atoms with Crippen molar-refractivity contribution in [2.24, 2.45) is 5.73 Å². The van der Waals surface area contributed by atoms with Crippen LogP contribution in [-0.2, 0) is 17.7 Å². The Hall–Kier alpha value is -0.900. The van der Waals surface area contributed by atoms with Crippen molar-refractivity contribution in [3.8, 4) is 0 Å². The molecule has 1 aliphatic carbocycles. The summed E-state index contributed by atoms with van der Waals surface area (Å²) in [5.41, 5.74) is 9.02. The molecule has 0 saturated heterocycles. The quantitative estimate of drug-likeness (QED) is 0.919. The Morgan fingerprint density at radius 3 is 2.80 bits per heavy atom. The molecular weight excluding hydrogens is 248 g/mol. The number of rotatable bonds is 3. The van der Waals surface area contributed by atoms with Gasteiger partial charge in [0.25, 0.3) is 0 Å². The van der Waals surface area contributed by atoms with E-state index < -0.39 is 0 Å². The van der Waals surface area contributed by atoms with E-state index >= 15 is 0 Å². The molecule has 1 aromatic carbocycles. The van der Waals surface area contributed by atoms with Crippen molar-refractivity contribution in [2.45, 2.75) is 56.8 Å². The fourth-order valence-electron chi connectivity index (χ4n) is 3.89. The molecule has 0 aromatic heterocycles. The number of nitrogens with two attached hydrogens (primary N) is 1. The SMILES string of the molecule is COC1CCCC(N2Cc3ccccc3CC2CN)C1. The van der Waals surface area contributed by atoms with E-state index in [4.69, 9.17) is 10.5 Å². The van der Waals surface area contributed by atoms with Gasteiger partial charge in [-0.3, -0.25) is 4.90 Å². The standard InChI is InChI=1S/C17H26N2O/c1-20-17-8-4-7-15(10-17)19-12-14-6-3-2-5-13(14)9-16(19)11-18/h2-3,5-6,15-17H,4,7-12,18H2,1H3. The van der Waals surface area contributed by atoms with E-state index in [1.165, 1.54) is 30.4 Å². The normalized spacial score (nSPS) is 31.0. The molecule has 3 unspecified atom stereocenters. The maximum absolute atomic E-state index is 6.05. The van der Waals surface area contributed by atoms with Gasteiger partial charge in [-0.25, -0.2) is 0 Å². The Labute approximate surface area is 122 Å². The van der Waals surface area contributed by atoms with Crippen LogP contribution >= 0.6 is 0 Å². The first-order valence-electron chi connectivity index (χ1n) is 7.87. The highest BCUT2D eigenvalue weighted by Crippen LogP contribution is 2.31. The smallest absolute Gasteiger partial charge is 0.0586 e. The van der Waals surface area contributed by atoms with Crippen LogP contribution in [0, 0.1) is 0 Å². The van der Waals surface area contributed by atoms with E-state index in [9.17, 15) is 0 Å². The topological polar surface area (TPSA) is 38.5 Å². The summed E-state index contributed by atoms with van der Waals surface area (Å²) in [7, 11) is 1.85. The van der Waals surface area contributed by atoms with Gasteiger partial charge in [-0.15, -0.1) is 0 Å². The second-order valence-electron chi connectivity index (χ2n) is 6.21. The number of nitrogens with zero attached hydrogens (tertiary/aromatic N) is 1. The molecule has 2 aliphatic rings. The summed E-state index contributed by atoms with van der Waals surface area (Å²) >= 11 is 0. The van der Waals surface area contributed by atoms with Crippen molar-refractivity contribution in [3.05, 3.63) is 35.4 Å². The zero-order valence-electron chi connectivity index (χ0n) is 12.4. The highest BCUT2D eigenvalue weighted by Gasteiger charge is 2.33. The van der Waals surface area contributed by atoms with Gasteiger partial charge >= 0.3 is 0 Å². The number of hydrogen-bond donors (Lipinski definition) is 1. The molecule has 1 aromatic rings. The molecule has 0 bridgehead atoms. The van der Waals surface area contributed by atoms with Crippen LogP contribution in [0.2, 0.25) is 0 Å². The summed E-state index contributed by atoms with van der Waals surface area (Å²) < 4.78 is 5.59. The van der Waals surface area contributed by atoms with Gasteiger partial charge < -0.3 is 10.5 Å². The first-order chi connectivity index (χ1) is 9.81. The molecular formula is C17H26N2O. The monoisotopic (exact) mass is 274 g/mol. The van der Waals surface area contributed by atoms with E-state index in [-0.39, 0.29) is 0 Å². The lowest BCUT2D eigenvalue weighted by molar-refractivity contribution is 0.00866. The maximum Gasteiger partial charge on any atom is 0.0586 e. The zero-order valence-corrected chi connectivity index (χ0v) is 12.4. The van der Waals surface area contributed by atoms with Crippen LogP contribution in [0.25, 0.3) is 0 Å². The lowest BCUT2D eigenvalue weighted by atomic mass is 9.86. The van der Waals surface area contributed by atoms with Gasteiger partial charge in [-0.05, 0) is 43.2 Å². The number of methoxy groups -OCH3 is 1. The molecule has 3 heteroatoms. The lowest BCUT2D eigenvalue weighted by Gasteiger charge is -2.44. The van der Waals surface area contributed by atoms with Gasteiger partial charge in [0, 0.05) is 32.3 Å². The molecule has 0 spiro atoms. The average molecular weight is 274 g/mol. The van der Waals surface area contributed by atoms with Crippen molar-refractivity contribution in [2.75, 3.05) is 13.7 Å². The third kappa shape index (κ3) is 2.76. The Bertz CT molecular complexity index is 448. The minimum Gasteiger partial charge on any atom is -0.381 e. The minimum atomic E-state index is 0.435. The largest absolute Gasteiger partial charge is 0.381 e. The van der Waals surface area contributed by atoms with Crippen LogP contribution in [0.4, 0.5) is 0 Å². The molecule has 3 nitrogen and oxygen atoms in total. The van der Waals surface area contributed by atoms with Crippen LogP contribution in [0.5, 0.6) is 0 Å². The molecule has 3 rings (SSSR count). The van der Waals surface area contributed by atoms with Crippen LogP contribution in [0.1, 0.15) is 36.8 Å². The molecule has 0 radical (unpaired) electrons. The summed E-state index contributed by atoms with van der Waals surface area (Å²) in [4.78, 5) is 2.65. The Morgan fingerprint density at radius 2 is 2.05 bits per heavy atom. The van der Waals surface area contributed by atoms with Crippen molar-refractivity contribution >= 4 is 0 Å². The van der Waals surface area contributed by atoms with Gasteiger partial charge in [0.15, 0.2) is 0 Å². The van der Waals surface area contributed by atoms with E-state index in [0.29, 0.717) is 18.2 Å². The molecule has 3 atom stereocenters. The van der Waals surface area contributed by atoms with Gasteiger partial charge in [0.1, 0.15) is 0 Å². The maximum atomic E-state index is 6.05. The van der Waals surface area contributed by atoms with Gasteiger partial charge in [0.05, 0.1) is 6.10 Å². The second-order valence-corrected chi connectivity index (χ2v) is 6.21. The first kappa shape index (κ1) is 14.1. The lowest BCUT2D eigenvalue weighted by Crippen LogP contribution is -2.51. The first-order valence-corrected chi connectivity index (χ1v) is 7.87. The van der Waals surface area contributed by atoms with Crippen LogP contribution in [0.3, 0.4) is 0 Å². The fourth-order valence-corrected chi connectivity index (χ4v) is 3.89. The number of hydrogen-bond acceptors (Lipinski definition) is 3. The second kappa shape index (κ2) is 6.25. The van der Waals surface area contributed by atoms with Crippen LogP contribution < -0.4 is 5.73 Å². The summed E-state index contributed by atoms with van der Waals surface area (Å²) in [5, 5.41) is 0. The van der Waals surface area contributed by atoms with Gasteiger partial charge in [-0.2, -0.15) is 0 Å². The summed E-state index contributed by atoms with van der Waals surface area (Å²) in [6, 6.07) is 9.95. The molecule has 110 valence electrons. The van der Waals surface area contributed by atoms with Gasteiger partial charge in [-0.1, -0.05) is 24.3 Å². The summed E-state index contributed by atoms with van der Waals surface area (Å²) in [6.07, 6.45) is 6.47. The molecule has 1 saturated carbocycles. The predicted molar refractivity (Wildman–Crippen MR) is 81.6 cm³/mol. The minimum absolute atomic E-state index is 0.435. The molecule has 1 heterocycles. The number of benzene rings is 1. The predicted octanol–water partition coefficient (Wildman–Crippen LogP) is 2.33. The van der Waals surface area contributed by atoms with Crippen molar-refractivity contribution in [3.63, 3.8) is 0 Å². The molecule has 2 N–H and O–H groups in total. The van der Waals surface area contributed by atoms with E-state index in [1.54, 1.807) is 0 Å². The highest BCUT2D eigenvalue weighted by molar-refractivity contribution is 5.30. The van der Waals surface area contributed by atoms with Gasteiger partial charge in [0.2, 0.25) is 0 Å². The molecule has 1 aliphatic heterocycles. The average Bonchev–Trinajstić information content (AvgIpc) is 2.53. The van der Waals surface area contributed by atoms with Crippen molar-refractivity contribution in [1.82, 2.24) is 4.90 Å². The molecule has 1 fully saturated rings. The molecule has 20 heavy (non-hydrogen) atoms. The van der Waals surface area contributed by atoms with Crippen molar-refractivity contribution in [1.29, 1.82) is 0 Å². The van der Waals surface area contributed by atoms with Crippen LogP contribution in [0.15, 0.2) is 24.3 Å². The summed E-state index contributed by atoms with van der Waals surface area (Å²) in [6.45, 7) is 1.81. The third-order valence-electron chi connectivity index (χ3n) is 5.07. The van der Waals surface area contributed by atoms with Crippen LogP contribution in [-0.4, -0.2) is 36.7 Å². The molecule has 0 amide bonds. The Balaban J connectivity index is 1.78. The van der Waals surface area contributed by atoms with Crippen molar-refractivity contribution < 1.29 is 4.74 Å². The van der Waals surface area contributed by atoms with E-state index in [2.05, 4.69) is 29.2 Å². The number of fused-ring (bicyclic) bond motifs is 1. The fraction of sp³-hybridized carbons (Fsp3) is 0.647. The zero-order chi connectivity index (χ0) is 13.9. The highest BCUT2D eigenvalue weighted by atomic mass is 16.5. The third-order valence-corrected chi connectivity index (χ3v) is 5.07. The Kier molecular flexibility index (Phi) is 4.39. The number of ether oxygens (including phenoxy) is 1.